The molecule has 6 nitrogen and oxygen atoms in total. The quantitative estimate of drug-likeness (QED) is 0.584. The first kappa shape index (κ1) is 16.9. The Hall–Kier alpha value is -3.25. The van der Waals surface area contributed by atoms with Gasteiger partial charge in [-0.3, -0.25) is 4.98 Å². The Labute approximate surface area is 163 Å². The molecule has 3 aromatic heterocycles. The number of nitrogens with zero attached hydrogens (tertiary/aromatic N) is 5. The lowest BCUT2D eigenvalue weighted by Gasteiger charge is -2.22. The van der Waals surface area contributed by atoms with Crippen LogP contribution in [0.5, 0.6) is 0 Å². The van der Waals surface area contributed by atoms with E-state index in [0.29, 0.717) is 0 Å². The molecule has 0 aliphatic carbocycles. The smallest absolute Gasteiger partial charge is 0.163 e. The van der Waals surface area contributed by atoms with E-state index in [0.717, 1.165) is 49.1 Å². The van der Waals surface area contributed by atoms with E-state index in [4.69, 9.17) is 9.97 Å². The molecule has 0 bridgehead atoms. The van der Waals surface area contributed by atoms with Crippen LogP contribution in [0.25, 0.3) is 22.3 Å². The number of pyridine rings is 1. The van der Waals surface area contributed by atoms with Gasteiger partial charge in [-0.15, -0.1) is 0 Å². The number of rotatable bonds is 5. The summed E-state index contributed by atoms with van der Waals surface area (Å²) in [5.41, 5.74) is 4.50. The molecule has 28 heavy (non-hydrogen) atoms. The van der Waals surface area contributed by atoms with Crippen molar-refractivity contribution >= 4 is 16.7 Å². The lowest BCUT2D eigenvalue weighted by Crippen LogP contribution is -2.25. The molecule has 140 valence electrons. The second-order valence-electron chi connectivity index (χ2n) is 7.13. The summed E-state index contributed by atoms with van der Waals surface area (Å²) in [7, 11) is 2.11. The summed E-state index contributed by atoms with van der Waals surface area (Å²) in [5, 5.41) is 4.68. The maximum atomic E-state index is 4.90. The zero-order valence-corrected chi connectivity index (χ0v) is 15.8. The highest BCUT2D eigenvalue weighted by Gasteiger charge is 2.22. The number of aromatic nitrogens is 4. The standard InChI is InChI=1S/C22H22N6/c1-27(11-12-28-10-8-16-5-2-3-7-20(16)28)22-18-14-24-15-19(18)25-21(26-22)17-6-4-9-23-13-17/h2-10,13,24H,11-12,14-15H2,1H3. The van der Waals surface area contributed by atoms with Crippen LogP contribution < -0.4 is 10.2 Å². The molecule has 1 aliphatic rings. The van der Waals surface area contributed by atoms with Gasteiger partial charge < -0.3 is 14.8 Å². The van der Waals surface area contributed by atoms with Crippen LogP contribution in [0.2, 0.25) is 0 Å². The number of likely N-dealkylation sites (N-methyl/N-ethyl adjacent to an activating group) is 1. The molecular formula is C22H22N6. The molecule has 0 saturated heterocycles. The number of anilines is 1. The fraction of sp³-hybridized carbons (Fsp3) is 0.227. The van der Waals surface area contributed by atoms with E-state index in [1.165, 1.54) is 16.5 Å². The molecule has 0 saturated carbocycles. The monoisotopic (exact) mass is 370 g/mol. The van der Waals surface area contributed by atoms with Crippen LogP contribution in [0.15, 0.2) is 61.1 Å². The van der Waals surface area contributed by atoms with Crippen LogP contribution in [0.3, 0.4) is 0 Å². The van der Waals surface area contributed by atoms with Gasteiger partial charge in [0.1, 0.15) is 5.82 Å². The number of nitrogens with one attached hydrogen (secondary N) is 1. The van der Waals surface area contributed by atoms with E-state index in [-0.39, 0.29) is 0 Å². The Balaban J connectivity index is 1.44. The molecule has 0 unspecified atom stereocenters. The lowest BCUT2D eigenvalue weighted by atomic mass is 10.2. The van der Waals surface area contributed by atoms with Crippen LogP contribution in [-0.2, 0) is 19.6 Å². The summed E-state index contributed by atoms with van der Waals surface area (Å²) in [6.45, 7) is 3.37. The van der Waals surface area contributed by atoms with E-state index >= 15 is 0 Å². The molecular weight excluding hydrogens is 348 g/mol. The van der Waals surface area contributed by atoms with Gasteiger partial charge in [-0.2, -0.15) is 0 Å². The van der Waals surface area contributed by atoms with Gasteiger partial charge in [0.15, 0.2) is 5.82 Å². The Morgan fingerprint density at radius 2 is 2.00 bits per heavy atom. The summed E-state index contributed by atoms with van der Waals surface area (Å²) >= 11 is 0. The van der Waals surface area contributed by atoms with Gasteiger partial charge in [0.25, 0.3) is 0 Å². The molecule has 1 N–H and O–H groups in total. The Bertz CT molecular complexity index is 1120. The zero-order chi connectivity index (χ0) is 18.9. The van der Waals surface area contributed by atoms with E-state index in [9.17, 15) is 0 Å². The third-order valence-electron chi connectivity index (χ3n) is 5.30. The van der Waals surface area contributed by atoms with Gasteiger partial charge in [0.05, 0.1) is 5.69 Å². The summed E-state index contributed by atoms with van der Waals surface area (Å²) < 4.78 is 2.30. The van der Waals surface area contributed by atoms with Crippen LogP contribution in [-0.4, -0.2) is 33.1 Å². The first-order valence-electron chi connectivity index (χ1n) is 9.55. The molecule has 0 amide bonds. The van der Waals surface area contributed by atoms with Gasteiger partial charge in [-0.05, 0) is 29.7 Å². The minimum Gasteiger partial charge on any atom is -0.357 e. The van der Waals surface area contributed by atoms with Crippen LogP contribution in [0.4, 0.5) is 5.82 Å². The van der Waals surface area contributed by atoms with Crippen molar-refractivity contribution in [3.05, 3.63) is 72.3 Å². The molecule has 5 rings (SSSR count). The van der Waals surface area contributed by atoms with Crippen molar-refractivity contribution in [2.75, 3.05) is 18.5 Å². The fourth-order valence-electron chi connectivity index (χ4n) is 3.79. The largest absolute Gasteiger partial charge is 0.357 e. The molecule has 0 fully saturated rings. The average Bonchev–Trinajstić information content (AvgIpc) is 3.39. The molecule has 4 heterocycles. The Kier molecular flexibility index (Phi) is 4.25. The van der Waals surface area contributed by atoms with Crippen molar-refractivity contribution in [1.82, 2.24) is 24.8 Å². The number of fused-ring (bicyclic) bond motifs is 2. The first-order chi connectivity index (χ1) is 13.8. The number of hydrogen-bond donors (Lipinski definition) is 1. The Morgan fingerprint density at radius 3 is 2.89 bits per heavy atom. The van der Waals surface area contributed by atoms with Crippen LogP contribution >= 0.6 is 0 Å². The Morgan fingerprint density at radius 1 is 1.07 bits per heavy atom. The summed E-state index contributed by atoms with van der Waals surface area (Å²) in [6, 6.07) is 14.6. The normalized spacial score (nSPS) is 13.0. The summed E-state index contributed by atoms with van der Waals surface area (Å²) in [5.74, 6) is 1.74. The second-order valence-corrected chi connectivity index (χ2v) is 7.13. The number of benzene rings is 1. The minimum absolute atomic E-state index is 0.740. The van der Waals surface area contributed by atoms with E-state index in [1.807, 2.05) is 18.3 Å². The van der Waals surface area contributed by atoms with Crippen molar-refractivity contribution in [3.8, 4) is 11.4 Å². The van der Waals surface area contributed by atoms with Crippen molar-refractivity contribution in [2.24, 2.45) is 0 Å². The highest BCUT2D eigenvalue weighted by Crippen LogP contribution is 2.27. The predicted molar refractivity (Wildman–Crippen MR) is 111 cm³/mol. The van der Waals surface area contributed by atoms with Crippen molar-refractivity contribution in [1.29, 1.82) is 0 Å². The van der Waals surface area contributed by atoms with E-state index < -0.39 is 0 Å². The van der Waals surface area contributed by atoms with Gasteiger partial charge >= 0.3 is 0 Å². The van der Waals surface area contributed by atoms with E-state index in [2.05, 4.69) is 63.3 Å². The van der Waals surface area contributed by atoms with Crippen molar-refractivity contribution in [2.45, 2.75) is 19.6 Å². The zero-order valence-electron chi connectivity index (χ0n) is 15.8. The van der Waals surface area contributed by atoms with Crippen molar-refractivity contribution in [3.63, 3.8) is 0 Å². The minimum atomic E-state index is 0.740. The van der Waals surface area contributed by atoms with Gasteiger partial charge in [-0.25, -0.2) is 9.97 Å². The maximum absolute atomic E-state index is 4.90. The third-order valence-corrected chi connectivity index (χ3v) is 5.30. The molecule has 6 heteroatoms. The summed E-state index contributed by atoms with van der Waals surface area (Å²) in [6.07, 6.45) is 5.75. The molecule has 1 aromatic carbocycles. The molecule has 0 radical (unpaired) electrons. The third kappa shape index (κ3) is 3.01. The maximum Gasteiger partial charge on any atom is 0.163 e. The van der Waals surface area contributed by atoms with Crippen molar-refractivity contribution < 1.29 is 0 Å². The van der Waals surface area contributed by atoms with E-state index in [1.54, 1.807) is 6.20 Å². The van der Waals surface area contributed by atoms with Gasteiger partial charge in [0.2, 0.25) is 0 Å². The predicted octanol–water partition coefficient (Wildman–Crippen LogP) is 3.23. The second kappa shape index (κ2) is 7.05. The molecule has 0 spiro atoms. The molecule has 4 aromatic rings. The first-order valence-corrected chi connectivity index (χ1v) is 9.55. The molecule has 1 aliphatic heterocycles. The summed E-state index contributed by atoms with van der Waals surface area (Å²) in [4.78, 5) is 16.1. The molecule has 0 atom stereocenters. The van der Waals surface area contributed by atoms with Gasteiger partial charge in [-0.1, -0.05) is 18.2 Å². The number of para-hydroxylation sites is 1. The number of hydrogen-bond acceptors (Lipinski definition) is 5. The highest BCUT2D eigenvalue weighted by molar-refractivity contribution is 5.79. The average molecular weight is 370 g/mol. The lowest BCUT2D eigenvalue weighted by molar-refractivity contribution is 0.698. The topological polar surface area (TPSA) is 58.9 Å². The SMILES string of the molecule is CN(CCn1ccc2ccccc21)c1nc(-c2cccnc2)nc2c1CNC2. The van der Waals surface area contributed by atoms with Gasteiger partial charge in [0, 0.05) is 68.5 Å². The van der Waals surface area contributed by atoms with Crippen LogP contribution in [0, 0.1) is 0 Å². The van der Waals surface area contributed by atoms with Crippen LogP contribution in [0.1, 0.15) is 11.3 Å². The fourth-order valence-corrected chi connectivity index (χ4v) is 3.79. The highest BCUT2D eigenvalue weighted by atomic mass is 15.2.